The SMILES string of the molecule is NCCCCCNc1ccn2nccc2n1. The summed E-state index contributed by atoms with van der Waals surface area (Å²) in [5, 5.41) is 7.39. The molecule has 0 aliphatic carbocycles. The van der Waals surface area contributed by atoms with Gasteiger partial charge in [-0.2, -0.15) is 5.10 Å². The predicted octanol–water partition coefficient (Wildman–Crippen LogP) is 1.27. The third-order valence-corrected chi connectivity index (χ3v) is 2.45. The number of rotatable bonds is 6. The zero-order chi connectivity index (χ0) is 11.2. The van der Waals surface area contributed by atoms with Crippen molar-refractivity contribution in [1.82, 2.24) is 14.6 Å². The van der Waals surface area contributed by atoms with Gasteiger partial charge in [-0.15, -0.1) is 0 Å². The highest BCUT2D eigenvalue weighted by Crippen LogP contribution is 2.06. The van der Waals surface area contributed by atoms with Crippen LogP contribution in [0.2, 0.25) is 0 Å². The molecule has 5 nitrogen and oxygen atoms in total. The molecule has 0 amide bonds. The first-order valence-electron chi connectivity index (χ1n) is 5.64. The van der Waals surface area contributed by atoms with Crippen LogP contribution in [-0.4, -0.2) is 27.7 Å². The molecule has 0 saturated heterocycles. The molecule has 2 aromatic rings. The standard InChI is InChI=1S/C11H17N5/c12-6-2-1-3-7-13-10-5-9-16-11(15-10)4-8-14-16/h4-5,8-9H,1-3,6-7,12H2,(H,13,15). The normalized spacial score (nSPS) is 10.8. The lowest BCUT2D eigenvalue weighted by Crippen LogP contribution is -2.05. The van der Waals surface area contributed by atoms with Gasteiger partial charge in [-0.25, -0.2) is 9.50 Å². The smallest absolute Gasteiger partial charge is 0.157 e. The molecule has 0 aliphatic heterocycles. The van der Waals surface area contributed by atoms with E-state index in [1.54, 1.807) is 10.7 Å². The summed E-state index contributed by atoms with van der Waals surface area (Å²) in [6.07, 6.45) is 7.04. The van der Waals surface area contributed by atoms with E-state index in [-0.39, 0.29) is 0 Å². The molecule has 0 spiro atoms. The number of aromatic nitrogens is 3. The molecule has 2 rings (SSSR count). The molecule has 0 unspecified atom stereocenters. The Morgan fingerprint density at radius 1 is 1.25 bits per heavy atom. The summed E-state index contributed by atoms with van der Waals surface area (Å²) >= 11 is 0. The molecular formula is C11H17N5. The molecule has 5 heteroatoms. The second kappa shape index (κ2) is 5.46. The highest BCUT2D eigenvalue weighted by atomic mass is 15.2. The van der Waals surface area contributed by atoms with Crippen molar-refractivity contribution < 1.29 is 0 Å². The minimum atomic E-state index is 0.778. The van der Waals surface area contributed by atoms with Gasteiger partial charge in [0.1, 0.15) is 5.82 Å². The van der Waals surface area contributed by atoms with Gasteiger partial charge in [-0.3, -0.25) is 0 Å². The summed E-state index contributed by atoms with van der Waals surface area (Å²) in [7, 11) is 0. The van der Waals surface area contributed by atoms with Gasteiger partial charge in [-0.05, 0) is 25.5 Å². The van der Waals surface area contributed by atoms with E-state index in [0.29, 0.717) is 0 Å². The average molecular weight is 219 g/mol. The zero-order valence-corrected chi connectivity index (χ0v) is 9.26. The second-order valence-electron chi connectivity index (χ2n) is 3.72. The Kier molecular flexibility index (Phi) is 3.71. The van der Waals surface area contributed by atoms with E-state index >= 15 is 0 Å². The first-order chi connectivity index (χ1) is 7.90. The van der Waals surface area contributed by atoms with Crippen molar-refractivity contribution in [2.75, 3.05) is 18.4 Å². The maximum atomic E-state index is 5.43. The van der Waals surface area contributed by atoms with Crippen LogP contribution in [0.1, 0.15) is 19.3 Å². The van der Waals surface area contributed by atoms with Crippen LogP contribution in [0.5, 0.6) is 0 Å². The quantitative estimate of drug-likeness (QED) is 0.718. The number of fused-ring (bicyclic) bond motifs is 1. The molecule has 0 saturated carbocycles. The lowest BCUT2D eigenvalue weighted by atomic mass is 10.2. The van der Waals surface area contributed by atoms with Crippen LogP contribution in [0.15, 0.2) is 24.5 Å². The fraction of sp³-hybridized carbons (Fsp3) is 0.455. The molecule has 16 heavy (non-hydrogen) atoms. The summed E-state index contributed by atoms with van der Waals surface area (Å²) in [5.41, 5.74) is 6.30. The molecule has 86 valence electrons. The fourth-order valence-electron chi connectivity index (χ4n) is 1.57. The predicted molar refractivity (Wildman–Crippen MR) is 64.4 cm³/mol. The van der Waals surface area contributed by atoms with Crippen molar-refractivity contribution in [1.29, 1.82) is 0 Å². The lowest BCUT2D eigenvalue weighted by Gasteiger charge is -2.05. The van der Waals surface area contributed by atoms with Gasteiger partial charge in [0.15, 0.2) is 5.65 Å². The Labute approximate surface area is 94.7 Å². The minimum absolute atomic E-state index is 0.778. The Bertz CT molecular complexity index is 437. The second-order valence-corrected chi connectivity index (χ2v) is 3.72. The van der Waals surface area contributed by atoms with Crippen molar-refractivity contribution in [3.05, 3.63) is 24.5 Å². The summed E-state index contributed by atoms with van der Waals surface area (Å²) in [6.45, 7) is 1.72. The summed E-state index contributed by atoms with van der Waals surface area (Å²) < 4.78 is 1.75. The van der Waals surface area contributed by atoms with E-state index in [1.165, 1.54) is 6.42 Å². The number of hydrogen-bond donors (Lipinski definition) is 2. The third kappa shape index (κ3) is 2.70. The maximum Gasteiger partial charge on any atom is 0.157 e. The van der Waals surface area contributed by atoms with E-state index < -0.39 is 0 Å². The third-order valence-electron chi connectivity index (χ3n) is 2.45. The Morgan fingerprint density at radius 3 is 3.06 bits per heavy atom. The molecule has 0 atom stereocenters. The van der Waals surface area contributed by atoms with Gasteiger partial charge in [0.25, 0.3) is 0 Å². The molecule has 2 heterocycles. The summed E-state index contributed by atoms with van der Waals surface area (Å²) in [5.74, 6) is 0.903. The van der Waals surface area contributed by atoms with Crippen LogP contribution < -0.4 is 11.1 Å². The molecular weight excluding hydrogens is 202 g/mol. The number of hydrogen-bond acceptors (Lipinski definition) is 4. The molecule has 0 aromatic carbocycles. The van der Waals surface area contributed by atoms with Crippen LogP contribution in [0.4, 0.5) is 5.82 Å². The van der Waals surface area contributed by atoms with Crippen LogP contribution >= 0.6 is 0 Å². The lowest BCUT2D eigenvalue weighted by molar-refractivity contribution is 0.706. The Morgan fingerprint density at radius 2 is 2.19 bits per heavy atom. The fourth-order valence-corrected chi connectivity index (χ4v) is 1.57. The largest absolute Gasteiger partial charge is 0.370 e. The van der Waals surface area contributed by atoms with Crippen molar-refractivity contribution in [2.24, 2.45) is 5.73 Å². The Balaban J connectivity index is 1.84. The molecule has 0 aliphatic rings. The number of nitrogens with zero attached hydrogens (tertiary/aromatic N) is 3. The van der Waals surface area contributed by atoms with E-state index in [2.05, 4.69) is 15.4 Å². The van der Waals surface area contributed by atoms with Gasteiger partial charge < -0.3 is 11.1 Å². The Hall–Kier alpha value is -1.62. The van der Waals surface area contributed by atoms with E-state index in [1.807, 2.05) is 18.3 Å². The molecule has 2 aromatic heterocycles. The van der Waals surface area contributed by atoms with Crippen LogP contribution in [0, 0.1) is 0 Å². The van der Waals surface area contributed by atoms with Gasteiger partial charge in [0.05, 0.1) is 6.20 Å². The first kappa shape index (κ1) is 10.9. The van der Waals surface area contributed by atoms with Crippen molar-refractivity contribution in [3.63, 3.8) is 0 Å². The zero-order valence-electron chi connectivity index (χ0n) is 9.26. The topological polar surface area (TPSA) is 68.2 Å². The summed E-state index contributed by atoms with van der Waals surface area (Å²) in [6, 6.07) is 3.82. The molecule has 3 N–H and O–H groups in total. The highest BCUT2D eigenvalue weighted by Gasteiger charge is 1.97. The highest BCUT2D eigenvalue weighted by molar-refractivity contribution is 5.45. The monoisotopic (exact) mass is 219 g/mol. The van der Waals surface area contributed by atoms with Gasteiger partial charge in [0.2, 0.25) is 0 Å². The number of nitrogens with one attached hydrogen (secondary N) is 1. The van der Waals surface area contributed by atoms with Crippen LogP contribution in [0.3, 0.4) is 0 Å². The van der Waals surface area contributed by atoms with Crippen molar-refractivity contribution >= 4 is 11.5 Å². The minimum Gasteiger partial charge on any atom is -0.370 e. The van der Waals surface area contributed by atoms with E-state index in [0.717, 1.165) is 37.4 Å². The average Bonchev–Trinajstić information content (AvgIpc) is 2.76. The summed E-state index contributed by atoms with van der Waals surface area (Å²) in [4.78, 5) is 4.42. The number of nitrogens with two attached hydrogens (primary N) is 1. The van der Waals surface area contributed by atoms with Gasteiger partial charge >= 0.3 is 0 Å². The van der Waals surface area contributed by atoms with Crippen LogP contribution in [-0.2, 0) is 0 Å². The van der Waals surface area contributed by atoms with Crippen molar-refractivity contribution in [3.8, 4) is 0 Å². The van der Waals surface area contributed by atoms with Gasteiger partial charge in [-0.1, -0.05) is 6.42 Å². The van der Waals surface area contributed by atoms with Crippen molar-refractivity contribution in [2.45, 2.75) is 19.3 Å². The van der Waals surface area contributed by atoms with Gasteiger partial charge in [0, 0.05) is 18.8 Å². The molecule has 0 radical (unpaired) electrons. The first-order valence-corrected chi connectivity index (χ1v) is 5.64. The van der Waals surface area contributed by atoms with E-state index in [9.17, 15) is 0 Å². The number of anilines is 1. The molecule has 0 fully saturated rings. The van der Waals surface area contributed by atoms with Crippen LogP contribution in [0.25, 0.3) is 5.65 Å². The molecule has 0 bridgehead atoms. The van der Waals surface area contributed by atoms with E-state index in [4.69, 9.17) is 5.73 Å². The number of unbranched alkanes of at least 4 members (excludes halogenated alkanes) is 2. The maximum absolute atomic E-state index is 5.43.